The molecule has 12 heteroatoms. The van der Waals surface area contributed by atoms with Gasteiger partial charge in [-0.3, -0.25) is 24.5 Å². The van der Waals surface area contributed by atoms with Crippen molar-refractivity contribution in [3.8, 4) is 0 Å². The van der Waals surface area contributed by atoms with E-state index in [1.54, 1.807) is 0 Å². The first-order chi connectivity index (χ1) is 16.8. The molecule has 1 fully saturated rings. The van der Waals surface area contributed by atoms with Gasteiger partial charge in [0.2, 0.25) is 0 Å². The zero-order valence-corrected chi connectivity index (χ0v) is 19.4. The van der Waals surface area contributed by atoms with Crippen LogP contribution >= 0.6 is 0 Å². The van der Waals surface area contributed by atoms with E-state index in [0.717, 1.165) is 36.7 Å². The molecular weight excluding hydrogens is 462 g/mol. The molecule has 0 unspecified atom stereocenters. The number of nitro groups is 1. The van der Waals surface area contributed by atoms with Crippen molar-refractivity contribution in [3.63, 3.8) is 0 Å². The van der Waals surface area contributed by atoms with Gasteiger partial charge in [-0.2, -0.15) is 0 Å². The Hall–Kier alpha value is -2.90. The summed E-state index contributed by atoms with van der Waals surface area (Å²) >= 11 is 0. The fourth-order valence-electron chi connectivity index (χ4n) is 4.03. The van der Waals surface area contributed by atoms with Crippen molar-refractivity contribution in [1.82, 2.24) is 9.55 Å². The van der Waals surface area contributed by atoms with E-state index < -0.39 is 53.4 Å². The number of nitrogens with one attached hydrogen (secondary N) is 1. The predicted molar refractivity (Wildman–Crippen MR) is 124 cm³/mol. The maximum Gasteiger partial charge on any atom is 0.330 e. The van der Waals surface area contributed by atoms with Crippen LogP contribution in [-0.4, -0.2) is 61.3 Å². The highest BCUT2D eigenvalue weighted by Gasteiger charge is 2.44. The lowest BCUT2D eigenvalue weighted by Gasteiger charge is -2.22. The molecule has 1 aliphatic heterocycles. The molecule has 0 spiro atoms. The van der Waals surface area contributed by atoms with Gasteiger partial charge in [-0.1, -0.05) is 32.6 Å². The molecule has 5 atom stereocenters. The third kappa shape index (κ3) is 6.21. The number of hydrogen-bond donors (Lipinski definition) is 4. The molecule has 0 saturated carbocycles. The normalized spacial score (nSPS) is 22.9. The molecule has 0 bridgehead atoms. The first-order valence-corrected chi connectivity index (χ1v) is 11.6. The molecule has 1 aromatic carbocycles. The molecule has 192 valence electrons. The van der Waals surface area contributed by atoms with Gasteiger partial charge in [-0.05, 0) is 24.1 Å². The molecule has 0 amide bonds. The quantitative estimate of drug-likeness (QED) is 0.192. The van der Waals surface area contributed by atoms with Gasteiger partial charge in [0.15, 0.2) is 6.23 Å². The lowest BCUT2D eigenvalue weighted by atomic mass is 10.0. The van der Waals surface area contributed by atoms with E-state index in [9.17, 15) is 35.0 Å². The Morgan fingerprint density at radius 3 is 2.43 bits per heavy atom. The summed E-state index contributed by atoms with van der Waals surface area (Å²) in [6.45, 7) is 1.83. The number of aliphatic hydroxyl groups excluding tert-OH is 3. The van der Waals surface area contributed by atoms with Crippen LogP contribution in [0.25, 0.3) is 0 Å². The smallest absolute Gasteiger partial charge is 0.330 e. The summed E-state index contributed by atoms with van der Waals surface area (Å²) < 4.78 is 12.4. The number of aliphatic hydroxyl groups is 3. The highest BCUT2D eigenvalue weighted by molar-refractivity contribution is 5.36. The first-order valence-electron chi connectivity index (χ1n) is 11.6. The Morgan fingerprint density at radius 1 is 1.14 bits per heavy atom. The average Bonchev–Trinajstić information content (AvgIpc) is 3.13. The monoisotopic (exact) mass is 493 g/mol. The Morgan fingerprint density at radius 2 is 1.83 bits per heavy atom. The third-order valence-corrected chi connectivity index (χ3v) is 6.01. The largest absolute Gasteiger partial charge is 0.394 e. The van der Waals surface area contributed by atoms with Gasteiger partial charge in [0.25, 0.3) is 11.2 Å². The molecule has 4 N–H and O–H groups in total. The highest BCUT2D eigenvalue weighted by atomic mass is 16.6. The molecule has 2 heterocycles. The Kier molecular flexibility index (Phi) is 9.29. The molecule has 2 aromatic rings. The van der Waals surface area contributed by atoms with Crippen LogP contribution in [0.15, 0.2) is 40.1 Å². The second-order valence-electron chi connectivity index (χ2n) is 8.49. The SMILES string of the molecule is CCCCCCCO[C@H](c1ccc([N+](=O)[O-])cc1)c1cn([C@@H]2O[C@H](CO)[C@@H](O)[C@H]2O)c(=O)[nH]c1=O. The van der Waals surface area contributed by atoms with E-state index in [0.29, 0.717) is 12.2 Å². The molecule has 0 radical (unpaired) electrons. The Balaban J connectivity index is 1.95. The molecule has 1 aromatic heterocycles. The van der Waals surface area contributed by atoms with Crippen molar-refractivity contribution in [3.05, 3.63) is 72.5 Å². The minimum absolute atomic E-state index is 0.0183. The standard InChI is InChI=1S/C23H31N3O9/c1-2-3-4-5-6-11-34-20(14-7-9-15(10-8-14)26(32)33)16-12-25(23(31)24-21(16)30)22-19(29)18(28)17(13-27)35-22/h7-10,12,17-20,22,27-29H,2-6,11,13H2,1H3,(H,24,30,31)/t17-,18-,19-,20-,22-/m1/s1. The number of H-pyrrole nitrogens is 1. The number of aromatic nitrogens is 2. The van der Waals surface area contributed by atoms with E-state index in [1.165, 1.54) is 30.5 Å². The van der Waals surface area contributed by atoms with Crippen molar-refractivity contribution in [1.29, 1.82) is 0 Å². The molecule has 35 heavy (non-hydrogen) atoms. The number of benzene rings is 1. The van der Waals surface area contributed by atoms with E-state index in [2.05, 4.69) is 11.9 Å². The van der Waals surface area contributed by atoms with E-state index in [4.69, 9.17) is 9.47 Å². The maximum absolute atomic E-state index is 12.8. The minimum Gasteiger partial charge on any atom is -0.394 e. The van der Waals surface area contributed by atoms with Gasteiger partial charge >= 0.3 is 5.69 Å². The van der Waals surface area contributed by atoms with Crippen LogP contribution in [-0.2, 0) is 9.47 Å². The van der Waals surface area contributed by atoms with Crippen LogP contribution < -0.4 is 11.2 Å². The Labute approximate surface area is 200 Å². The van der Waals surface area contributed by atoms with Crippen LogP contribution in [0.5, 0.6) is 0 Å². The number of rotatable bonds is 12. The van der Waals surface area contributed by atoms with Crippen LogP contribution in [0.1, 0.15) is 62.5 Å². The molecule has 0 aliphatic carbocycles. The van der Waals surface area contributed by atoms with Crippen molar-refractivity contribution in [2.45, 2.75) is 69.7 Å². The Bertz CT molecular complexity index is 1100. The van der Waals surface area contributed by atoms with Crippen LogP contribution in [0, 0.1) is 10.1 Å². The van der Waals surface area contributed by atoms with Gasteiger partial charge in [-0.25, -0.2) is 4.79 Å². The lowest BCUT2D eigenvalue weighted by Crippen LogP contribution is -2.39. The molecular formula is C23H31N3O9. The topological polar surface area (TPSA) is 177 Å². The molecule has 3 rings (SSSR count). The number of unbranched alkanes of at least 4 members (excludes halogenated alkanes) is 4. The van der Waals surface area contributed by atoms with Gasteiger partial charge in [0, 0.05) is 24.9 Å². The van der Waals surface area contributed by atoms with Gasteiger partial charge in [0.1, 0.15) is 24.4 Å². The van der Waals surface area contributed by atoms with Crippen molar-refractivity contribution < 1.29 is 29.7 Å². The van der Waals surface area contributed by atoms with Crippen LogP contribution in [0.4, 0.5) is 5.69 Å². The van der Waals surface area contributed by atoms with Gasteiger partial charge < -0.3 is 24.8 Å². The van der Waals surface area contributed by atoms with Crippen molar-refractivity contribution >= 4 is 5.69 Å². The highest BCUT2D eigenvalue weighted by Crippen LogP contribution is 2.30. The number of nitrogens with zero attached hydrogens (tertiary/aromatic N) is 2. The second kappa shape index (κ2) is 12.2. The second-order valence-corrected chi connectivity index (χ2v) is 8.49. The summed E-state index contributed by atoms with van der Waals surface area (Å²) in [7, 11) is 0. The summed E-state index contributed by atoms with van der Waals surface area (Å²) in [5.41, 5.74) is -1.26. The van der Waals surface area contributed by atoms with E-state index in [1.807, 2.05) is 0 Å². The number of nitro benzene ring substituents is 1. The minimum atomic E-state index is -1.53. The summed E-state index contributed by atoms with van der Waals surface area (Å²) in [5, 5.41) is 40.8. The number of ether oxygens (including phenoxy) is 2. The maximum atomic E-state index is 12.8. The predicted octanol–water partition coefficient (Wildman–Crippen LogP) is 1.13. The fraction of sp³-hybridized carbons (Fsp3) is 0.565. The van der Waals surface area contributed by atoms with Crippen molar-refractivity contribution in [2.24, 2.45) is 0 Å². The number of non-ortho nitro benzene ring substituents is 1. The van der Waals surface area contributed by atoms with E-state index >= 15 is 0 Å². The molecule has 12 nitrogen and oxygen atoms in total. The first kappa shape index (κ1) is 26.7. The third-order valence-electron chi connectivity index (χ3n) is 6.01. The zero-order chi connectivity index (χ0) is 25.5. The summed E-state index contributed by atoms with van der Waals surface area (Å²) in [5.74, 6) is 0. The number of aromatic amines is 1. The summed E-state index contributed by atoms with van der Waals surface area (Å²) in [6.07, 6.45) is -0.310. The van der Waals surface area contributed by atoms with Crippen LogP contribution in [0.3, 0.4) is 0 Å². The zero-order valence-electron chi connectivity index (χ0n) is 19.4. The van der Waals surface area contributed by atoms with E-state index in [-0.39, 0.29) is 11.3 Å². The lowest BCUT2D eigenvalue weighted by molar-refractivity contribution is -0.384. The summed E-state index contributed by atoms with van der Waals surface area (Å²) in [6, 6.07) is 5.54. The van der Waals surface area contributed by atoms with Crippen molar-refractivity contribution in [2.75, 3.05) is 13.2 Å². The fourth-order valence-corrected chi connectivity index (χ4v) is 4.03. The van der Waals surface area contributed by atoms with Crippen LogP contribution in [0.2, 0.25) is 0 Å². The van der Waals surface area contributed by atoms with Gasteiger partial charge in [-0.15, -0.1) is 0 Å². The number of hydrogen-bond acceptors (Lipinski definition) is 9. The summed E-state index contributed by atoms with van der Waals surface area (Å²) in [4.78, 5) is 38.0. The van der Waals surface area contributed by atoms with Gasteiger partial charge in [0.05, 0.1) is 17.1 Å². The molecule has 1 saturated heterocycles. The molecule has 1 aliphatic rings. The average molecular weight is 494 g/mol.